The van der Waals surface area contributed by atoms with E-state index in [1.807, 2.05) is 0 Å². The maximum absolute atomic E-state index is 8.56. The number of hydrogen-bond acceptors (Lipinski definition) is 1. The van der Waals surface area contributed by atoms with Gasteiger partial charge >= 0.3 is 78.1 Å². The van der Waals surface area contributed by atoms with Gasteiger partial charge in [0, 0.05) is 0 Å². The summed E-state index contributed by atoms with van der Waals surface area (Å²) in [6.45, 7) is 0. The average molecular weight is 228 g/mol. The molecule has 0 aromatic carbocycles. The summed E-state index contributed by atoms with van der Waals surface area (Å²) >= 11 is 0. The molecule has 6 heavy (non-hydrogen) atoms. The van der Waals surface area contributed by atoms with Crippen LogP contribution in [-0.4, -0.2) is 88.3 Å². The molecule has 0 spiro atoms. The number of carbonyl (C=O) groups is 1. The predicted octanol–water partition coefficient (Wildman–Crippen LogP) is -0.0892. The van der Waals surface area contributed by atoms with Crippen molar-refractivity contribution < 1.29 is 20.7 Å². The maximum Gasteiger partial charge on any atom is 2.00 e. The van der Waals surface area contributed by atoms with E-state index in [0.717, 1.165) is 0 Å². The van der Waals surface area contributed by atoms with E-state index in [2.05, 4.69) is 0 Å². The van der Waals surface area contributed by atoms with Crippen LogP contribution in [0.1, 0.15) is 5.71 Å². The van der Waals surface area contributed by atoms with Crippen LogP contribution in [0.3, 0.4) is 0 Å². The first-order valence-corrected chi connectivity index (χ1v) is 0.651. The van der Waals surface area contributed by atoms with Gasteiger partial charge in [-0.2, -0.15) is 0 Å². The van der Waals surface area contributed by atoms with E-state index in [1.54, 1.807) is 0 Å². The van der Waals surface area contributed by atoms with Gasteiger partial charge in [0.15, 0.2) is 0 Å². The molecule has 0 aliphatic carbocycles. The topological polar surface area (TPSA) is 57.5 Å². The van der Waals surface area contributed by atoms with Crippen molar-refractivity contribution in [2.24, 2.45) is 0 Å². The molecule has 0 aliphatic rings. The quantitative estimate of drug-likeness (QED) is 0.569. The average Bonchev–Trinajstić information content (AvgIpc) is 0.811. The second-order valence-electron chi connectivity index (χ2n) is 0.283. The first kappa shape index (κ1) is 15.6. The van der Waals surface area contributed by atoms with Crippen LogP contribution in [0, 0.1) is 0 Å². The molecule has 0 amide bonds. The van der Waals surface area contributed by atoms with E-state index in [0.29, 0.717) is 0 Å². The van der Waals surface area contributed by atoms with Crippen LogP contribution in [-0.2, 0) is 0 Å². The molecule has 0 unspecified atom stereocenters. The fraction of sp³-hybridized carbons (Fsp3) is 0. The smallest absolute Gasteiger partial charge is 1.00 e. The number of hydrogen-bond donors (Lipinski definition) is 2. The summed E-state index contributed by atoms with van der Waals surface area (Å²) < 4.78 is 0. The van der Waals surface area contributed by atoms with Gasteiger partial charge in [-0.05, 0) is 0 Å². The molecule has 0 fully saturated rings. The summed E-state index contributed by atoms with van der Waals surface area (Å²) in [6, 6.07) is 0. The third kappa shape index (κ3) is 46.1. The van der Waals surface area contributed by atoms with E-state index < -0.39 is 6.16 Å². The molecule has 0 aliphatic heterocycles. The Kier molecular flexibility index (Phi) is 25.5. The SMILES string of the molecule is O=C(O)O.[Ba+2].[H-].[H-].[H-].[H-].[Mg+2]. The van der Waals surface area contributed by atoms with Gasteiger partial charge in [-0.3, -0.25) is 0 Å². The predicted molar refractivity (Wildman–Crippen MR) is 26.6 cm³/mol. The third-order valence-corrected chi connectivity index (χ3v) is 0. The minimum absolute atomic E-state index is 0. The summed E-state index contributed by atoms with van der Waals surface area (Å²) in [5.74, 6) is 0. The zero-order valence-corrected chi connectivity index (χ0v) is 9.07. The summed E-state index contributed by atoms with van der Waals surface area (Å²) in [6.07, 6.45) is -1.83. The van der Waals surface area contributed by atoms with Crippen molar-refractivity contribution in [1.29, 1.82) is 0 Å². The molecule has 0 radical (unpaired) electrons. The van der Waals surface area contributed by atoms with Gasteiger partial charge in [0.2, 0.25) is 0 Å². The molecule has 0 saturated carbocycles. The van der Waals surface area contributed by atoms with Crippen LogP contribution in [0.5, 0.6) is 0 Å². The molecule has 5 heteroatoms. The third-order valence-electron chi connectivity index (χ3n) is 0. The Morgan fingerprint density at radius 1 is 1.50 bits per heavy atom. The Hall–Kier alpha value is 1.61. The Balaban J connectivity index is -0.00000000300. The second kappa shape index (κ2) is 9.79. The molecule has 0 heterocycles. The van der Waals surface area contributed by atoms with Crippen molar-refractivity contribution in [1.82, 2.24) is 0 Å². The van der Waals surface area contributed by atoms with Gasteiger partial charge in [0.25, 0.3) is 0 Å². The van der Waals surface area contributed by atoms with Crippen molar-refractivity contribution >= 4 is 78.1 Å². The van der Waals surface area contributed by atoms with Gasteiger partial charge in [-0.1, -0.05) is 0 Å². The van der Waals surface area contributed by atoms with Gasteiger partial charge in [-0.15, -0.1) is 0 Å². The van der Waals surface area contributed by atoms with Crippen LogP contribution in [0.15, 0.2) is 0 Å². The van der Waals surface area contributed by atoms with E-state index in [-0.39, 0.29) is 77.6 Å². The van der Waals surface area contributed by atoms with Gasteiger partial charge < -0.3 is 15.9 Å². The number of carboxylic acid groups (broad SMARTS) is 2. The summed E-state index contributed by atoms with van der Waals surface area (Å²) in [5, 5.41) is 13.9. The Morgan fingerprint density at radius 3 is 1.50 bits per heavy atom. The molecule has 0 aromatic rings. The van der Waals surface area contributed by atoms with Crippen molar-refractivity contribution in [3.05, 3.63) is 0 Å². The molecule has 0 bridgehead atoms. The molecule has 0 saturated heterocycles. The molecular formula is CH6BaMgO3. The fourth-order valence-corrected chi connectivity index (χ4v) is 0. The molecule has 0 aromatic heterocycles. The fourth-order valence-electron chi connectivity index (χ4n) is 0. The molecule has 32 valence electrons. The molecule has 0 rings (SSSR count). The van der Waals surface area contributed by atoms with Gasteiger partial charge in [0.1, 0.15) is 0 Å². The standard InChI is InChI=1S/CH2O3.Ba.Mg.4H/c2-1(3)4;;;;;;/h(H2,2,3,4);;;;;;/q;2*+2;4*-1. The summed E-state index contributed by atoms with van der Waals surface area (Å²) in [4.78, 5) is 8.56. The first-order chi connectivity index (χ1) is 1.73. The van der Waals surface area contributed by atoms with Crippen LogP contribution < -0.4 is 0 Å². The molecule has 3 nitrogen and oxygen atoms in total. The van der Waals surface area contributed by atoms with E-state index in [4.69, 9.17) is 15.0 Å². The van der Waals surface area contributed by atoms with E-state index in [9.17, 15) is 0 Å². The zero-order chi connectivity index (χ0) is 3.58. The largest absolute Gasteiger partial charge is 2.00 e. The van der Waals surface area contributed by atoms with Crippen LogP contribution in [0.25, 0.3) is 0 Å². The van der Waals surface area contributed by atoms with Crippen molar-refractivity contribution in [3.63, 3.8) is 0 Å². The maximum atomic E-state index is 8.56. The summed E-state index contributed by atoms with van der Waals surface area (Å²) in [5.41, 5.74) is 0. The summed E-state index contributed by atoms with van der Waals surface area (Å²) in [7, 11) is 0. The van der Waals surface area contributed by atoms with Gasteiger partial charge in [-0.25, -0.2) is 4.79 Å². The van der Waals surface area contributed by atoms with Crippen LogP contribution in [0.4, 0.5) is 4.79 Å². The van der Waals surface area contributed by atoms with Crippen molar-refractivity contribution in [2.45, 2.75) is 0 Å². The normalized spacial score (nSPS) is 4.00. The van der Waals surface area contributed by atoms with Crippen LogP contribution >= 0.6 is 0 Å². The Labute approximate surface area is 97.3 Å². The van der Waals surface area contributed by atoms with Crippen LogP contribution in [0.2, 0.25) is 0 Å². The van der Waals surface area contributed by atoms with Crippen molar-refractivity contribution in [2.75, 3.05) is 0 Å². The molecular weight excluding hydrogens is 222 g/mol. The van der Waals surface area contributed by atoms with Gasteiger partial charge in [0.05, 0.1) is 0 Å². The monoisotopic (exact) mass is 228 g/mol. The molecule has 0 atom stereocenters. The van der Waals surface area contributed by atoms with E-state index in [1.165, 1.54) is 0 Å². The first-order valence-electron chi connectivity index (χ1n) is 0.651. The second-order valence-corrected chi connectivity index (χ2v) is 0.283. The van der Waals surface area contributed by atoms with Crippen molar-refractivity contribution in [3.8, 4) is 0 Å². The zero-order valence-electron chi connectivity index (χ0n) is 7.22. The minimum Gasteiger partial charge on any atom is -1.00 e. The number of rotatable bonds is 0. The minimum atomic E-state index is -1.83. The Morgan fingerprint density at radius 2 is 1.50 bits per heavy atom. The van der Waals surface area contributed by atoms with E-state index >= 15 is 0 Å². The Bertz CT molecular complexity index is 43.5. The molecule has 2 N–H and O–H groups in total.